The number of rotatable bonds is 4. The molecule has 0 fully saturated rings. The molecule has 0 spiro atoms. The number of hydrogen-bond acceptors (Lipinski definition) is 1. The molecule has 1 aromatic rings. The predicted molar refractivity (Wildman–Crippen MR) is 85.5 cm³/mol. The van der Waals surface area contributed by atoms with Crippen molar-refractivity contribution < 1.29 is 25.2 Å². The summed E-state index contributed by atoms with van der Waals surface area (Å²) in [5.41, 5.74) is 2.27. The minimum atomic E-state index is -1.10. The van der Waals surface area contributed by atoms with Crippen LogP contribution in [-0.2, 0) is 25.2 Å². The standard InChI is InChI=1S/C10H10.C4H14OSi2.Pt/c1-3-9-7-5-6-8-10(9)4-2;1-6-5-7(2,3)4;/h3-8H,1-2H2;6H2,1-4H3;. The van der Waals surface area contributed by atoms with Crippen LogP contribution in [0.4, 0.5) is 0 Å². The van der Waals surface area contributed by atoms with E-state index in [9.17, 15) is 0 Å². The van der Waals surface area contributed by atoms with Crippen LogP contribution < -0.4 is 0 Å². The van der Waals surface area contributed by atoms with Crippen molar-refractivity contribution >= 4 is 30.2 Å². The van der Waals surface area contributed by atoms with Crippen LogP contribution in [-0.4, -0.2) is 18.1 Å². The summed E-state index contributed by atoms with van der Waals surface area (Å²) in [7, 11) is -1.22. The quantitative estimate of drug-likeness (QED) is 0.620. The Morgan fingerprint density at radius 2 is 1.44 bits per heavy atom. The molecule has 0 bridgehead atoms. The second kappa shape index (κ2) is 10.7. The van der Waals surface area contributed by atoms with Gasteiger partial charge in [0.1, 0.15) is 9.76 Å². The fraction of sp³-hybridized carbons (Fsp3) is 0.286. The Balaban J connectivity index is 0. The Labute approximate surface area is 130 Å². The third-order valence-corrected chi connectivity index (χ3v) is 6.63. The fourth-order valence-corrected chi connectivity index (χ4v) is 4.78. The van der Waals surface area contributed by atoms with E-state index in [1.165, 1.54) is 0 Å². The molecule has 0 atom stereocenters. The minimum absolute atomic E-state index is 0. The molecule has 0 amide bonds. The minimum Gasteiger partial charge on any atom is -0.461 e. The van der Waals surface area contributed by atoms with Gasteiger partial charge in [0, 0.05) is 21.1 Å². The molecule has 0 saturated carbocycles. The van der Waals surface area contributed by atoms with Gasteiger partial charge in [-0.2, -0.15) is 0 Å². The monoisotopic (exact) mass is 459 g/mol. The van der Waals surface area contributed by atoms with E-state index in [2.05, 4.69) is 39.3 Å². The van der Waals surface area contributed by atoms with Gasteiger partial charge in [0.2, 0.25) is 0 Å². The van der Waals surface area contributed by atoms with Crippen molar-refractivity contribution in [3.8, 4) is 0 Å². The Hall–Kier alpha value is -0.218. The van der Waals surface area contributed by atoms with E-state index in [0.717, 1.165) is 11.1 Å². The predicted octanol–water partition coefficient (Wildman–Crippen LogP) is 3.94. The average molecular weight is 460 g/mol. The van der Waals surface area contributed by atoms with Crippen LogP contribution in [0, 0.1) is 0 Å². The summed E-state index contributed by atoms with van der Waals surface area (Å²) in [6.45, 7) is 16.2. The van der Waals surface area contributed by atoms with Crippen molar-refractivity contribution in [2.45, 2.75) is 26.2 Å². The molecule has 4 heteroatoms. The van der Waals surface area contributed by atoms with Gasteiger partial charge in [0.05, 0.1) is 0 Å². The second-order valence-corrected chi connectivity index (χ2v) is 10.5. The van der Waals surface area contributed by atoms with Crippen molar-refractivity contribution in [3.05, 3.63) is 48.6 Å². The first-order valence-corrected chi connectivity index (χ1v) is 11.3. The molecule has 104 valence electrons. The molecule has 0 heterocycles. The normalized spacial score (nSPS) is 10.2. The maximum Gasteiger partial charge on any atom is 0.169 e. The third-order valence-electron chi connectivity index (χ3n) is 2.01. The topological polar surface area (TPSA) is 9.23 Å². The van der Waals surface area contributed by atoms with Crippen molar-refractivity contribution in [1.82, 2.24) is 0 Å². The van der Waals surface area contributed by atoms with Crippen LogP contribution in [0.5, 0.6) is 0 Å². The molecule has 0 N–H and O–H groups in total. The first-order valence-electron chi connectivity index (χ1n) is 5.92. The molecular weight excluding hydrogens is 435 g/mol. The Bertz CT molecular complexity index is 332. The molecule has 18 heavy (non-hydrogen) atoms. The molecule has 0 saturated heterocycles. The summed E-state index contributed by atoms with van der Waals surface area (Å²) >= 11 is 0. The number of benzene rings is 1. The van der Waals surface area contributed by atoms with E-state index < -0.39 is 8.32 Å². The molecule has 0 unspecified atom stereocenters. The molecule has 0 aliphatic heterocycles. The summed E-state index contributed by atoms with van der Waals surface area (Å²) in [4.78, 5) is 0. The summed E-state index contributed by atoms with van der Waals surface area (Å²) in [6.07, 6.45) is 3.66. The third kappa shape index (κ3) is 9.78. The van der Waals surface area contributed by atoms with Crippen LogP contribution in [0.2, 0.25) is 26.2 Å². The summed E-state index contributed by atoms with van der Waals surface area (Å²) < 4.78 is 5.51. The fourth-order valence-electron chi connectivity index (χ4n) is 1.32. The van der Waals surface area contributed by atoms with Crippen LogP contribution in [0.1, 0.15) is 11.1 Å². The Morgan fingerprint density at radius 1 is 1.06 bits per heavy atom. The largest absolute Gasteiger partial charge is 0.461 e. The summed E-state index contributed by atoms with van der Waals surface area (Å²) in [6, 6.07) is 8.02. The molecule has 0 aliphatic carbocycles. The van der Waals surface area contributed by atoms with E-state index in [4.69, 9.17) is 4.12 Å². The zero-order valence-corrected chi connectivity index (χ0v) is 16.5. The zero-order valence-electron chi connectivity index (χ0n) is 11.8. The maximum atomic E-state index is 5.51. The van der Waals surface area contributed by atoms with Crippen LogP contribution in [0.25, 0.3) is 12.2 Å². The van der Waals surface area contributed by atoms with Gasteiger partial charge >= 0.3 is 0 Å². The average Bonchev–Trinajstić information content (AvgIpc) is 2.28. The van der Waals surface area contributed by atoms with Gasteiger partial charge in [-0.15, -0.1) is 0 Å². The van der Waals surface area contributed by atoms with E-state index in [1.807, 2.05) is 36.4 Å². The van der Waals surface area contributed by atoms with Crippen molar-refractivity contribution in [1.29, 1.82) is 0 Å². The van der Waals surface area contributed by atoms with Gasteiger partial charge in [-0.05, 0) is 30.8 Å². The van der Waals surface area contributed by atoms with Gasteiger partial charge in [-0.25, -0.2) is 0 Å². The van der Waals surface area contributed by atoms with Crippen LogP contribution in [0.3, 0.4) is 0 Å². The SMILES string of the molecule is C=Cc1ccccc1C=C.C[SiH2]O[Si](C)(C)C.[Pt]. The number of hydrogen-bond donors (Lipinski definition) is 0. The van der Waals surface area contributed by atoms with E-state index in [-0.39, 0.29) is 30.8 Å². The summed E-state index contributed by atoms with van der Waals surface area (Å²) in [5.74, 6) is 0. The van der Waals surface area contributed by atoms with Crippen molar-refractivity contribution in [3.63, 3.8) is 0 Å². The zero-order chi connectivity index (χ0) is 13.3. The smallest absolute Gasteiger partial charge is 0.169 e. The Morgan fingerprint density at radius 3 is 1.61 bits per heavy atom. The molecule has 1 nitrogen and oxygen atoms in total. The van der Waals surface area contributed by atoms with E-state index in [1.54, 1.807) is 0 Å². The van der Waals surface area contributed by atoms with E-state index in [0.29, 0.717) is 0 Å². The van der Waals surface area contributed by atoms with Crippen molar-refractivity contribution in [2.24, 2.45) is 0 Å². The molecule has 1 rings (SSSR count). The van der Waals surface area contributed by atoms with E-state index >= 15 is 0 Å². The molecule has 0 aliphatic rings. The maximum absolute atomic E-state index is 5.51. The molecular formula is C14H24OPtSi2. The molecule has 0 radical (unpaired) electrons. The molecule has 1 aromatic carbocycles. The molecule has 0 aromatic heterocycles. The van der Waals surface area contributed by atoms with Gasteiger partial charge in [0.15, 0.2) is 8.32 Å². The van der Waals surface area contributed by atoms with Gasteiger partial charge in [0.25, 0.3) is 0 Å². The summed E-state index contributed by atoms with van der Waals surface area (Å²) in [5, 5.41) is 0. The Kier molecular flexibility index (Phi) is 11.9. The van der Waals surface area contributed by atoms with Gasteiger partial charge in [-0.3, -0.25) is 0 Å². The first kappa shape index (κ1) is 20.1. The van der Waals surface area contributed by atoms with Crippen molar-refractivity contribution in [2.75, 3.05) is 0 Å². The van der Waals surface area contributed by atoms with Crippen LogP contribution in [0.15, 0.2) is 37.4 Å². The first-order chi connectivity index (χ1) is 7.94. The second-order valence-electron chi connectivity index (χ2n) is 4.58. The van der Waals surface area contributed by atoms with Crippen LogP contribution >= 0.6 is 0 Å². The van der Waals surface area contributed by atoms with Gasteiger partial charge in [-0.1, -0.05) is 56.1 Å². The van der Waals surface area contributed by atoms with Gasteiger partial charge < -0.3 is 4.12 Å².